The highest BCUT2D eigenvalue weighted by molar-refractivity contribution is 7.07. The minimum atomic E-state index is -0.592. The molecule has 142 valence electrons. The second-order valence-electron chi connectivity index (χ2n) is 6.31. The summed E-state index contributed by atoms with van der Waals surface area (Å²) in [5.74, 6) is -1.29. The lowest BCUT2D eigenvalue weighted by Gasteiger charge is -2.12. The van der Waals surface area contributed by atoms with Crippen molar-refractivity contribution < 1.29 is 19.1 Å². The second-order valence-corrected chi connectivity index (χ2v) is 7.13. The van der Waals surface area contributed by atoms with Gasteiger partial charge in [-0.3, -0.25) is 23.9 Å². The molecular weight excluding hydrogens is 368 g/mol. The molecule has 1 aromatic carbocycles. The van der Waals surface area contributed by atoms with E-state index in [0.717, 1.165) is 29.9 Å². The maximum absolute atomic E-state index is 12.4. The van der Waals surface area contributed by atoms with E-state index in [9.17, 15) is 19.2 Å². The second kappa shape index (κ2) is 7.87. The van der Waals surface area contributed by atoms with Crippen LogP contribution in [0.3, 0.4) is 0 Å². The van der Waals surface area contributed by atoms with Crippen LogP contribution in [0.5, 0.6) is 0 Å². The molecule has 1 aliphatic heterocycles. The summed E-state index contributed by atoms with van der Waals surface area (Å²) >= 11 is 1.10. The molecule has 7 nitrogen and oxygen atoms in total. The number of hydrogen-bond acceptors (Lipinski definition) is 6. The lowest BCUT2D eigenvalue weighted by atomic mass is 10.1. The quantitative estimate of drug-likeness (QED) is 0.537. The zero-order chi connectivity index (χ0) is 19.6. The maximum atomic E-state index is 12.4. The van der Waals surface area contributed by atoms with Gasteiger partial charge in [0.15, 0.2) is 0 Å². The van der Waals surface area contributed by atoms with E-state index in [1.165, 1.54) is 27.7 Å². The van der Waals surface area contributed by atoms with Crippen molar-refractivity contribution in [1.82, 2.24) is 9.47 Å². The lowest BCUT2D eigenvalue weighted by Crippen LogP contribution is -2.30. The van der Waals surface area contributed by atoms with Crippen LogP contribution in [-0.2, 0) is 11.3 Å². The van der Waals surface area contributed by atoms with Crippen LogP contribution in [0.25, 0.3) is 0 Å². The van der Waals surface area contributed by atoms with Gasteiger partial charge in [-0.15, -0.1) is 0 Å². The molecule has 0 spiro atoms. The first-order valence-electron chi connectivity index (χ1n) is 8.76. The van der Waals surface area contributed by atoms with Crippen molar-refractivity contribution in [3.8, 4) is 0 Å². The Balaban J connectivity index is 1.68. The number of rotatable bonds is 7. The number of unbranched alkanes of at least 4 members (excludes halogenated alkanes) is 1. The number of aryl methyl sites for hydroxylation is 1. The molecule has 0 atom stereocenters. The monoisotopic (exact) mass is 388 g/mol. The van der Waals surface area contributed by atoms with Crippen LogP contribution >= 0.6 is 11.3 Å². The molecule has 0 radical (unpaired) electrons. The van der Waals surface area contributed by atoms with Crippen LogP contribution in [0.4, 0.5) is 0 Å². The topological polar surface area (TPSA) is 85.7 Å². The van der Waals surface area contributed by atoms with E-state index in [4.69, 9.17) is 4.74 Å². The Labute approximate surface area is 160 Å². The first-order chi connectivity index (χ1) is 12.9. The van der Waals surface area contributed by atoms with Crippen LogP contribution in [-0.4, -0.2) is 40.4 Å². The van der Waals surface area contributed by atoms with Crippen molar-refractivity contribution in [3.63, 3.8) is 0 Å². The fourth-order valence-corrected chi connectivity index (χ4v) is 3.69. The Bertz CT molecular complexity index is 959. The summed E-state index contributed by atoms with van der Waals surface area (Å²) in [5, 5.41) is 1.75. The zero-order valence-corrected chi connectivity index (χ0v) is 16.0. The number of hydrogen-bond donors (Lipinski definition) is 0. The first-order valence-corrected chi connectivity index (χ1v) is 9.64. The highest BCUT2D eigenvalue weighted by atomic mass is 32.1. The van der Waals surface area contributed by atoms with Gasteiger partial charge in [0.25, 0.3) is 11.8 Å². The molecule has 27 heavy (non-hydrogen) atoms. The Hall–Kier alpha value is -2.74. The molecule has 8 heteroatoms. The number of fused-ring (bicyclic) bond motifs is 1. The number of amides is 2. The van der Waals surface area contributed by atoms with Gasteiger partial charge in [-0.1, -0.05) is 24.7 Å². The molecule has 2 heterocycles. The molecule has 0 saturated heterocycles. The fourth-order valence-electron chi connectivity index (χ4n) is 2.92. The number of imide groups is 1. The number of thiazole rings is 1. The van der Waals surface area contributed by atoms with Crippen molar-refractivity contribution in [3.05, 3.63) is 55.6 Å². The standard InChI is InChI=1S/C19H20N2O5S/c1-3-4-7-21-16(22)14-6-5-13(10-15(14)17(21)23)18(24)26-9-8-20-12(2)11-27-19(20)25/h5-6,10-11H,3-4,7-9H2,1-2H3. The SMILES string of the molecule is CCCCN1C(=O)c2ccc(C(=O)OCCn3c(C)csc3=O)cc2C1=O. The van der Waals surface area contributed by atoms with Gasteiger partial charge in [0.2, 0.25) is 0 Å². The van der Waals surface area contributed by atoms with E-state index in [0.29, 0.717) is 12.1 Å². The molecule has 2 aromatic rings. The summed E-state index contributed by atoms with van der Waals surface area (Å²) in [6, 6.07) is 4.38. The van der Waals surface area contributed by atoms with Gasteiger partial charge < -0.3 is 4.74 Å². The van der Waals surface area contributed by atoms with Gasteiger partial charge in [0, 0.05) is 17.6 Å². The van der Waals surface area contributed by atoms with E-state index in [1.54, 1.807) is 5.38 Å². The molecule has 1 aromatic heterocycles. The number of benzene rings is 1. The Morgan fingerprint density at radius 1 is 1.11 bits per heavy atom. The summed E-state index contributed by atoms with van der Waals surface area (Å²) in [7, 11) is 0. The van der Waals surface area contributed by atoms with Crippen LogP contribution in [0.1, 0.15) is 56.5 Å². The summed E-state index contributed by atoms with van der Waals surface area (Å²) in [6.07, 6.45) is 1.61. The number of esters is 1. The normalized spacial score (nSPS) is 13.2. The van der Waals surface area contributed by atoms with Gasteiger partial charge in [-0.2, -0.15) is 0 Å². The lowest BCUT2D eigenvalue weighted by molar-refractivity contribution is 0.0489. The van der Waals surface area contributed by atoms with Crippen LogP contribution in [0.15, 0.2) is 28.4 Å². The number of aromatic nitrogens is 1. The zero-order valence-electron chi connectivity index (χ0n) is 15.2. The average molecular weight is 388 g/mol. The van der Waals surface area contributed by atoms with E-state index in [1.807, 2.05) is 13.8 Å². The van der Waals surface area contributed by atoms with Gasteiger partial charge >= 0.3 is 10.8 Å². The molecule has 0 saturated carbocycles. The van der Waals surface area contributed by atoms with Gasteiger partial charge in [-0.25, -0.2) is 4.79 Å². The fraction of sp³-hybridized carbons (Fsp3) is 0.368. The van der Waals surface area contributed by atoms with E-state index in [2.05, 4.69) is 0 Å². The molecule has 0 fully saturated rings. The van der Waals surface area contributed by atoms with Crippen LogP contribution in [0, 0.1) is 6.92 Å². The maximum Gasteiger partial charge on any atom is 0.338 e. The number of nitrogens with zero attached hydrogens (tertiary/aromatic N) is 2. The molecule has 0 unspecified atom stereocenters. The summed E-state index contributed by atoms with van der Waals surface area (Å²) in [4.78, 5) is 49.8. The predicted octanol–water partition coefficient (Wildman–Crippen LogP) is 2.47. The Kier molecular flexibility index (Phi) is 5.55. The molecule has 0 N–H and O–H groups in total. The van der Waals surface area contributed by atoms with E-state index < -0.39 is 5.97 Å². The predicted molar refractivity (Wildman–Crippen MR) is 100 cm³/mol. The van der Waals surface area contributed by atoms with Crippen molar-refractivity contribution in [2.45, 2.75) is 33.2 Å². The Morgan fingerprint density at radius 3 is 2.52 bits per heavy atom. The minimum Gasteiger partial charge on any atom is -0.460 e. The number of carbonyl (C=O) groups is 3. The Morgan fingerprint density at radius 2 is 1.85 bits per heavy atom. The summed E-state index contributed by atoms with van der Waals surface area (Å²) in [6.45, 7) is 4.48. The minimum absolute atomic E-state index is 0.0445. The van der Waals surface area contributed by atoms with Gasteiger partial charge in [0.1, 0.15) is 6.61 Å². The third-order valence-corrected chi connectivity index (χ3v) is 5.35. The van der Waals surface area contributed by atoms with Crippen LogP contribution < -0.4 is 4.87 Å². The molecule has 1 aliphatic rings. The molecular formula is C19H20N2O5S. The van der Waals surface area contributed by atoms with Crippen molar-refractivity contribution in [2.75, 3.05) is 13.2 Å². The summed E-state index contributed by atoms with van der Waals surface area (Å²) in [5.41, 5.74) is 1.57. The molecule has 2 amide bonds. The average Bonchev–Trinajstić information content (AvgIpc) is 3.10. The number of carbonyl (C=O) groups excluding carboxylic acids is 3. The first kappa shape index (κ1) is 19.0. The van der Waals surface area contributed by atoms with E-state index in [-0.39, 0.29) is 41.0 Å². The highest BCUT2D eigenvalue weighted by Crippen LogP contribution is 2.24. The van der Waals surface area contributed by atoms with Crippen molar-refractivity contribution in [2.24, 2.45) is 0 Å². The van der Waals surface area contributed by atoms with E-state index >= 15 is 0 Å². The van der Waals surface area contributed by atoms with Gasteiger partial charge in [-0.05, 0) is 31.5 Å². The highest BCUT2D eigenvalue weighted by Gasteiger charge is 2.35. The van der Waals surface area contributed by atoms with Crippen molar-refractivity contribution in [1.29, 1.82) is 0 Å². The van der Waals surface area contributed by atoms with Gasteiger partial charge in [0.05, 0.1) is 23.2 Å². The van der Waals surface area contributed by atoms with Crippen LogP contribution in [0.2, 0.25) is 0 Å². The smallest absolute Gasteiger partial charge is 0.338 e. The van der Waals surface area contributed by atoms with Crippen molar-refractivity contribution >= 4 is 29.1 Å². The number of ether oxygens (including phenoxy) is 1. The molecule has 3 rings (SSSR count). The summed E-state index contributed by atoms with van der Waals surface area (Å²) < 4.78 is 6.76. The molecule has 0 bridgehead atoms. The molecule has 0 aliphatic carbocycles. The third-order valence-electron chi connectivity index (χ3n) is 4.47. The third kappa shape index (κ3) is 3.71. The largest absolute Gasteiger partial charge is 0.460 e.